The lowest BCUT2D eigenvalue weighted by molar-refractivity contribution is 0.322. The SMILES string of the molecule is COc1ccc(CCOc2cccc3c2NCCC3)cc1. The molecule has 0 saturated carbocycles. The van der Waals surface area contributed by atoms with Gasteiger partial charge in [0.25, 0.3) is 0 Å². The van der Waals surface area contributed by atoms with Crippen LogP contribution in [0.4, 0.5) is 5.69 Å². The molecule has 1 aliphatic rings. The van der Waals surface area contributed by atoms with Crippen molar-refractivity contribution in [3.05, 3.63) is 53.6 Å². The highest BCUT2D eigenvalue weighted by molar-refractivity contribution is 5.63. The Morgan fingerprint density at radius 2 is 1.95 bits per heavy atom. The molecule has 21 heavy (non-hydrogen) atoms. The first-order chi connectivity index (χ1) is 10.4. The molecule has 1 heterocycles. The van der Waals surface area contributed by atoms with Gasteiger partial charge in [-0.25, -0.2) is 0 Å². The summed E-state index contributed by atoms with van der Waals surface area (Å²) in [5.41, 5.74) is 3.80. The van der Waals surface area contributed by atoms with Crippen LogP contribution in [0.2, 0.25) is 0 Å². The first-order valence-corrected chi connectivity index (χ1v) is 7.48. The number of nitrogens with one attached hydrogen (secondary N) is 1. The third-order valence-corrected chi connectivity index (χ3v) is 3.84. The van der Waals surface area contributed by atoms with Crippen molar-refractivity contribution in [1.29, 1.82) is 0 Å². The molecule has 0 radical (unpaired) electrons. The van der Waals surface area contributed by atoms with E-state index in [2.05, 4.69) is 29.6 Å². The zero-order valence-electron chi connectivity index (χ0n) is 12.4. The van der Waals surface area contributed by atoms with E-state index in [1.54, 1.807) is 7.11 Å². The summed E-state index contributed by atoms with van der Waals surface area (Å²) in [6, 6.07) is 14.4. The van der Waals surface area contributed by atoms with E-state index in [4.69, 9.17) is 9.47 Å². The van der Waals surface area contributed by atoms with E-state index in [-0.39, 0.29) is 0 Å². The maximum absolute atomic E-state index is 5.97. The second-order valence-electron chi connectivity index (χ2n) is 5.27. The van der Waals surface area contributed by atoms with E-state index >= 15 is 0 Å². The number of methoxy groups -OCH3 is 1. The molecule has 2 aromatic rings. The first kappa shape index (κ1) is 13.8. The normalized spacial score (nSPS) is 13.2. The molecule has 110 valence electrons. The number of rotatable bonds is 5. The second kappa shape index (κ2) is 6.53. The average molecular weight is 283 g/mol. The molecule has 0 bridgehead atoms. The number of ether oxygens (including phenoxy) is 2. The Bertz CT molecular complexity index is 593. The Labute approximate surface area is 125 Å². The van der Waals surface area contributed by atoms with Crippen LogP contribution in [0.1, 0.15) is 17.5 Å². The van der Waals surface area contributed by atoms with Crippen molar-refractivity contribution < 1.29 is 9.47 Å². The summed E-state index contributed by atoms with van der Waals surface area (Å²) >= 11 is 0. The number of para-hydroxylation sites is 1. The summed E-state index contributed by atoms with van der Waals surface area (Å²) in [5, 5.41) is 3.45. The van der Waals surface area contributed by atoms with Crippen molar-refractivity contribution >= 4 is 5.69 Å². The van der Waals surface area contributed by atoms with Gasteiger partial charge in [-0.2, -0.15) is 0 Å². The summed E-state index contributed by atoms with van der Waals surface area (Å²) < 4.78 is 11.1. The van der Waals surface area contributed by atoms with Gasteiger partial charge < -0.3 is 14.8 Å². The molecule has 1 N–H and O–H groups in total. The van der Waals surface area contributed by atoms with Crippen LogP contribution in [-0.2, 0) is 12.8 Å². The molecule has 1 aliphatic heterocycles. The van der Waals surface area contributed by atoms with Crippen molar-refractivity contribution in [2.24, 2.45) is 0 Å². The predicted molar refractivity (Wildman–Crippen MR) is 85.4 cm³/mol. The Morgan fingerprint density at radius 1 is 1.10 bits per heavy atom. The summed E-state index contributed by atoms with van der Waals surface area (Å²) in [6.07, 6.45) is 3.23. The van der Waals surface area contributed by atoms with E-state index in [0.29, 0.717) is 6.61 Å². The van der Waals surface area contributed by atoms with Gasteiger partial charge in [0, 0.05) is 13.0 Å². The van der Waals surface area contributed by atoms with Crippen molar-refractivity contribution in [1.82, 2.24) is 0 Å². The Morgan fingerprint density at radius 3 is 2.76 bits per heavy atom. The van der Waals surface area contributed by atoms with E-state index in [1.807, 2.05) is 18.2 Å². The molecule has 3 heteroatoms. The van der Waals surface area contributed by atoms with Gasteiger partial charge in [0.05, 0.1) is 19.4 Å². The van der Waals surface area contributed by atoms with Crippen LogP contribution in [0.5, 0.6) is 11.5 Å². The maximum Gasteiger partial charge on any atom is 0.142 e. The van der Waals surface area contributed by atoms with Crippen LogP contribution in [0.25, 0.3) is 0 Å². The summed E-state index contributed by atoms with van der Waals surface area (Å²) in [7, 11) is 1.68. The number of aryl methyl sites for hydroxylation is 1. The fraction of sp³-hybridized carbons (Fsp3) is 0.333. The van der Waals surface area contributed by atoms with E-state index < -0.39 is 0 Å². The van der Waals surface area contributed by atoms with Crippen molar-refractivity contribution in [2.75, 3.05) is 25.6 Å². The fourth-order valence-electron chi connectivity index (χ4n) is 2.67. The van der Waals surface area contributed by atoms with Crippen LogP contribution in [0.15, 0.2) is 42.5 Å². The van der Waals surface area contributed by atoms with Crippen molar-refractivity contribution in [2.45, 2.75) is 19.3 Å². The predicted octanol–water partition coefficient (Wildman–Crippen LogP) is 3.67. The van der Waals surface area contributed by atoms with Gasteiger partial charge in [0.1, 0.15) is 11.5 Å². The van der Waals surface area contributed by atoms with Gasteiger partial charge in [-0.15, -0.1) is 0 Å². The summed E-state index contributed by atoms with van der Waals surface area (Å²) in [5.74, 6) is 1.86. The van der Waals surface area contributed by atoms with Crippen LogP contribution in [-0.4, -0.2) is 20.3 Å². The molecule has 0 aromatic heterocycles. The lowest BCUT2D eigenvalue weighted by atomic mass is 10.0. The van der Waals surface area contributed by atoms with Crippen LogP contribution in [0.3, 0.4) is 0 Å². The zero-order chi connectivity index (χ0) is 14.5. The highest BCUT2D eigenvalue weighted by Gasteiger charge is 2.12. The van der Waals surface area contributed by atoms with Crippen LogP contribution in [0, 0.1) is 0 Å². The molecule has 0 unspecified atom stereocenters. The van der Waals surface area contributed by atoms with Gasteiger partial charge in [0.15, 0.2) is 0 Å². The van der Waals surface area contributed by atoms with Gasteiger partial charge in [0.2, 0.25) is 0 Å². The molecule has 0 atom stereocenters. The van der Waals surface area contributed by atoms with Crippen molar-refractivity contribution in [3.63, 3.8) is 0 Å². The largest absolute Gasteiger partial charge is 0.497 e. The number of benzene rings is 2. The molecular formula is C18H21NO2. The quantitative estimate of drug-likeness (QED) is 0.908. The minimum absolute atomic E-state index is 0.685. The lowest BCUT2D eigenvalue weighted by Gasteiger charge is -2.21. The van der Waals surface area contributed by atoms with Crippen LogP contribution < -0.4 is 14.8 Å². The third kappa shape index (κ3) is 3.30. The fourth-order valence-corrected chi connectivity index (χ4v) is 2.67. The third-order valence-electron chi connectivity index (χ3n) is 3.84. The maximum atomic E-state index is 5.97. The van der Waals surface area contributed by atoms with Gasteiger partial charge in [-0.05, 0) is 42.2 Å². The average Bonchev–Trinajstić information content (AvgIpc) is 2.56. The van der Waals surface area contributed by atoms with Gasteiger partial charge >= 0.3 is 0 Å². The lowest BCUT2D eigenvalue weighted by Crippen LogP contribution is -2.13. The smallest absolute Gasteiger partial charge is 0.142 e. The van der Waals surface area contributed by atoms with E-state index in [9.17, 15) is 0 Å². The molecule has 2 aromatic carbocycles. The second-order valence-corrected chi connectivity index (χ2v) is 5.27. The molecule has 0 amide bonds. The minimum atomic E-state index is 0.685. The molecule has 0 aliphatic carbocycles. The van der Waals surface area contributed by atoms with E-state index in [1.165, 1.54) is 23.2 Å². The Balaban J connectivity index is 1.60. The minimum Gasteiger partial charge on any atom is -0.497 e. The zero-order valence-corrected chi connectivity index (χ0v) is 12.4. The first-order valence-electron chi connectivity index (χ1n) is 7.48. The standard InChI is InChI=1S/C18H21NO2/c1-20-16-9-7-14(8-10-16)11-13-21-17-6-2-4-15-5-3-12-19-18(15)17/h2,4,6-10,19H,3,5,11-13H2,1H3. The Hall–Kier alpha value is -2.16. The Kier molecular flexibility index (Phi) is 4.29. The monoisotopic (exact) mass is 283 g/mol. The van der Waals surface area contributed by atoms with Crippen molar-refractivity contribution in [3.8, 4) is 11.5 Å². The van der Waals surface area contributed by atoms with Gasteiger partial charge in [-0.1, -0.05) is 24.3 Å². The number of fused-ring (bicyclic) bond motifs is 1. The topological polar surface area (TPSA) is 30.5 Å². The highest BCUT2D eigenvalue weighted by atomic mass is 16.5. The van der Waals surface area contributed by atoms with E-state index in [0.717, 1.165) is 30.9 Å². The number of anilines is 1. The summed E-state index contributed by atoms with van der Waals surface area (Å²) in [6.45, 7) is 1.72. The molecular weight excluding hydrogens is 262 g/mol. The van der Waals surface area contributed by atoms with Crippen LogP contribution >= 0.6 is 0 Å². The highest BCUT2D eigenvalue weighted by Crippen LogP contribution is 2.32. The van der Waals surface area contributed by atoms with Gasteiger partial charge in [-0.3, -0.25) is 0 Å². The number of hydrogen-bond acceptors (Lipinski definition) is 3. The molecule has 3 nitrogen and oxygen atoms in total. The summed E-state index contributed by atoms with van der Waals surface area (Å²) in [4.78, 5) is 0. The molecule has 3 rings (SSSR count). The molecule has 0 spiro atoms. The molecule has 0 saturated heterocycles. The number of hydrogen-bond donors (Lipinski definition) is 1. The molecule has 0 fully saturated rings.